The van der Waals surface area contributed by atoms with Gasteiger partial charge in [0.25, 0.3) is 11.1 Å². The highest BCUT2D eigenvalue weighted by atomic mass is 32.2. The first-order valence-electron chi connectivity index (χ1n) is 6.65. The minimum atomic E-state index is -1.06. The van der Waals surface area contributed by atoms with E-state index in [0.717, 1.165) is 16.7 Å². The summed E-state index contributed by atoms with van der Waals surface area (Å²) < 4.78 is 10.3. The SMILES string of the molecule is COc1ccc(/C=C2\SC(=O)N(CCC(=O)O)C2=O)cc1OC. The number of hydrogen-bond donors (Lipinski definition) is 1. The van der Waals surface area contributed by atoms with Crippen molar-refractivity contribution in [2.45, 2.75) is 6.42 Å². The number of ether oxygens (including phenoxy) is 2. The molecule has 122 valence electrons. The van der Waals surface area contributed by atoms with Crippen LogP contribution in [0.1, 0.15) is 12.0 Å². The number of benzene rings is 1. The lowest BCUT2D eigenvalue weighted by molar-refractivity contribution is -0.137. The summed E-state index contributed by atoms with van der Waals surface area (Å²) in [6.45, 7) is -0.136. The van der Waals surface area contributed by atoms with Gasteiger partial charge in [-0.2, -0.15) is 0 Å². The number of imide groups is 1. The molecule has 23 heavy (non-hydrogen) atoms. The topological polar surface area (TPSA) is 93.1 Å². The van der Waals surface area contributed by atoms with Crippen LogP contribution in [0.3, 0.4) is 0 Å². The number of hydrogen-bond acceptors (Lipinski definition) is 6. The molecule has 1 aromatic carbocycles. The van der Waals surface area contributed by atoms with Crippen LogP contribution in [0.4, 0.5) is 4.79 Å². The van der Waals surface area contributed by atoms with Crippen LogP contribution in [0.5, 0.6) is 11.5 Å². The Hall–Kier alpha value is -2.48. The maximum Gasteiger partial charge on any atom is 0.305 e. The fourth-order valence-electron chi connectivity index (χ4n) is 1.99. The first-order valence-corrected chi connectivity index (χ1v) is 7.47. The highest BCUT2D eigenvalue weighted by Crippen LogP contribution is 2.34. The molecule has 0 atom stereocenters. The van der Waals surface area contributed by atoms with Crippen molar-refractivity contribution < 1.29 is 29.0 Å². The number of aliphatic carboxylic acids is 1. The molecule has 1 saturated heterocycles. The van der Waals surface area contributed by atoms with Crippen LogP contribution < -0.4 is 9.47 Å². The Kier molecular flexibility index (Phi) is 5.28. The maximum atomic E-state index is 12.2. The molecule has 1 aliphatic heterocycles. The van der Waals surface area contributed by atoms with Gasteiger partial charge in [-0.15, -0.1) is 0 Å². The summed E-state index contributed by atoms with van der Waals surface area (Å²) in [6, 6.07) is 5.11. The summed E-state index contributed by atoms with van der Waals surface area (Å²) >= 11 is 0.785. The predicted octanol–water partition coefficient (Wildman–Crippen LogP) is 2.21. The Morgan fingerprint density at radius 3 is 2.57 bits per heavy atom. The van der Waals surface area contributed by atoms with E-state index in [-0.39, 0.29) is 17.9 Å². The van der Waals surface area contributed by atoms with Crippen molar-refractivity contribution in [3.8, 4) is 11.5 Å². The number of nitrogens with zero attached hydrogens (tertiary/aromatic N) is 1. The van der Waals surface area contributed by atoms with Crippen molar-refractivity contribution >= 4 is 35.0 Å². The monoisotopic (exact) mass is 337 g/mol. The number of carboxylic acids is 1. The van der Waals surface area contributed by atoms with Gasteiger partial charge in [-0.25, -0.2) is 0 Å². The molecule has 1 heterocycles. The highest BCUT2D eigenvalue weighted by molar-refractivity contribution is 8.18. The molecule has 0 bridgehead atoms. The van der Waals surface area contributed by atoms with Crippen molar-refractivity contribution in [1.82, 2.24) is 4.90 Å². The Bertz CT molecular complexity index is 685. The summed E-state index contributed by atoms with van der Waals surface area (Å²) in [5, 5.41) is 8.19. The summed E-state index contributed by atoms with van der Waals surface area (Å²) in [6.07, 6.45) is 1.29. The fourth-order valence-corrected chi connectivity index (χ4v) is 2.86. The smallest absolute Gasteiger partial charge is 0.305 e. The van der Waals surface area contributed by atoms with E-state index in [4.69, 9.17) is 14.6 Å². The highest BCUT2D eigenvalue weighted by Gasteiger charge is 2.35. The van der Waals surface area contributed by atoms with Gasteiger partial charge in [-0.3, -0.25) is 19.3 Å². The van der Waals surface area contributed by atoms with Crippen LogP contribution in [0.25, 0.3) is 6.08 Å². The van der Waals surface area contributed by atoms with E-state index in [9.17, 15) is 14.4 Å². The first kappa shape index (κ1) is 16.9. The molecular weight excluding hydrogens is 322 g/mol. The van der Waals surface area contributed by atoms with Gasteiger partial charge in [0.05, 0.1) is 25.5 Å². The average molecular weight is 337 g/mol. The lowest BCUT2D eigenvalue weighted by Crippen LogP contribution is -2.30. The lowest BCUT2D eigenvalue weighted by atomic mass is 10.2. The molecular formula is C15H15NO6S. The summed E-state index contributed by atoms with van der Waals surface area (Å²) in [7, 11) is 3.02. The van der Waals surface area contributed by atoms with Crippen molar-refractivity contribution in [1.29, 1.82) is 0 Å². The standard InChI is InChI=1S/C15H15NO6S/c1-21-10-4-3-9(7-11(10)22-2)8-12-14(19)16(15(20)23-12)6-5-13(17)18/h3-4,7-8H,5-6H2,1-2H3,(H,17,18)/b12-8-. The summed E-state index contributed by atoms with van der Waals surface area (Å²) in [5.74, 6) is -0.491. The number of methoxy groups -OCH3 is 2. The molecule has 0 aromatic heterocycles. The van der Waals surface area contributed by atoms with E-state index in [1.165, 1.54) is 14.2 Å². The Labute approximate surface area is 136 Å². The Morgan fingerprint density at radius 2 is 1.96 bits per heavy atom. The molecule has 0 aliphatic carbocycles. The van der Waals surface area contributed by atoms with Crippen LogP contribution in [0.2, 0.25) is 0 Å². The van der Waals surface area contributed by atoms with Gasteiger partial charge in [0.15, 0.2) is 11.5 Å². The van der Waals surface area contributed by atoms with E-state index in [0.29, 0.717) is 17.1 Å². The minimum absolute atomic E-state index is 0.136. The predicted molar refractivity (Wildman–Crippen MR) is 84.5 cm³/mol. The molecule has 2 amide bonds. The van der Waals surface area contributed by atoms with Crippen molar-refractivity contribution in [3.05, 3.63) is 28.7 Å². The van der Waals surface area contributed by atoms with Crippen LogP contribution in [0, 0.1) is 0 Å². The zero-order chi connectivity index (χ0) is 17.0. The van der Waals surface area contributed by atoms with Crippen LogP contribution in [-0.2, 0) is 9.59 Å². The molecule has 1 aliphatic rings. The normalized spacial score (nSPS) is 16.1. The summed E-state index contributed by atoms with van der Waals surface area (Å²) in [4.78, 5) is 35.7. The molecule has 7 nitrogen and oxygen atoms in total. The van der Waals surface area contributed by atoms with E-state index in [1.807, 2.05) is 0 Å². The third kappa shape index (κ3) is 3.84. The van der Waals surface area contributed by atoms with Gasteiger partial charge in [-0.1, -0.05) is 6.07 Å². The maximum absolute atomic E-state index is 12.2. The van der Waals surface area contributed by atoms with E-state index in [1.54, 1.807) is 24.3 Å². The lowest BCUT2D eigenvalue weighted by Gasteiger charge is -2.10. The van der Waals surface area contributed by atoms with Crippen LogP contribution in [-0.4, -0.2) is 47.9 Å². The molecule has 2 rings (SSSR count). The summed E-state index contributed by atoms with van der Waals surface area (Å²) in [5.41, 5.74) is 0.673. The molecule has 0 radical (unpaired) electrons. The van der Waals surface area contributed by atoms with E-state index >= 15 is 0 Å². The van der Waals surface area contributed by atoms with Crippen LogP contribution >= 0.6 is 11.8 Å². The number of rotatable bonds is 6. The third-order valence-corrected chi connectivity index (χ3v) is 4.04. The number of carbonyl (C=O) groups is 3. The number of amides is 2. The second-order valence-electron chi connectivity index (χ2n) is 4.59. The quantitative estimate of drug-likeness (QED) is 0.795. The average Bonchev–Trinajstić information content (AvgIpc) is 2.79. The van der Waals surface area contributed by atoms with Gasteiger partial charge in [0.1, 0.15) is 0 Å². The molecule has 1 fully saturated rings. The number of carbonyl (C=O) groups excluding carboxylic acids is 2. The van der Waals surface area contributed by atoms with Gasteiger partial charge < -0.3 is 14.6 Å². The van der Waals surface area contributed by atoms with Gasteiger partial charge in [0.2, 0.25) is 0 Å². The number of thioether (sulfide) groups is 1. The van der Waals surface area contributed by atoms with Gasteiger partial charge in [-0.05, 0) is 35.5 Å². The molecule has 0 unspecified atom stereocenters. The molecule has 0 spiro atoms. The number of carboxylic acid groups (broad SMARTS) is 1. The Morgan fingerprint density at radius 1 is 1.26 bits per heavy atom. The van der Waals surface area contributed by atoms with Crippen molar-refractivity contribution in [2.24, 2.45) is 0 Å². The van der Waals surface area contributed by atoms with E-state index < -0.39 is 17.1 Å². The van der Waals surface area contributed by atoms with Crippen LogP contribution in [0.15, 0.2) is 23.1 Å². The zero-order valence-corrected chi connectivity index (χ0v) is 13.4. The van der Waals surface area contributed by atoms with E-state index in [2.05, 4.69) is 0 Å². The second kappa shape index (κ2) is 7.19. The molecule has 0 saturated carbocycles. The molecule has 1 aromatic rings. The fraction of sp³-hybridized carbons (Fsp3) is 0.267. The Balaban J connectivity index is 2.21. The van der Waals surface area contributed by atoms with Gasteiger partial charge in [0, 0.05) is 6.54 Å². The second-order valence-corrected chi connectivity index (χ2v) is 5.58. The molecule has 8 heteroatoms. The van der Waals surface area contributed by atoms with Gasteiger partial charge >= 0.3 is 5.97 Å². The zero-order valence-electron chi connectivity index (χ0n) is 12.6. The minimum Gasteiger partial charge on any atom is -0.493 e. The van der Waals surface area contributed by atoms with Crippen molar-refractivity contribution in [2.75, 3.05) is 20.8 Å². The van der Waals surface area contributed by atoms with Crippen molar-refractivity contribution in [3.63, 3.8) is 0 Å². The molecule has 1 N–H and O–H groups in total. The largest absolute Gasteiger partial charge is 0.493 e. The first-order chi connectivity index (χ1) is 11.0. The third-order valence-electron chi connectivity index (χ3n) is 3.13.